The Morgan fingerprint density at radius 2 is 1.70 bits per heavy atom. The van der Waals surface area contributed by atoms with Gasteiger partial charge >= 0.3 is 0 Å². The van der Waals surface area contributed by atoms with Gasteiger partial charge in [-0.2, -0.15) is 0 Å². The zero-order valence-corrected chi connectivity index (χ0v) is 20.1. The Hall–Kier alpha value is -3.23. The molecule has 0 aromatic heterocycles. The molecule has 0 radical (unpaired) electrons. The van der Waals surface area contributed by atoms with Crippen LogP contribution >= 0.6 is 11.6 Å². The van der Waals surface area contributed by atoms with Crippen LogP contribution in [0.3, 0.4) is 0 Å². The molecule has 0 aliphatic carbocycles. The SMILES string of the molecule is CCOc1ccc(OCC)c(NC(=O)c2cccc(S(=O)(=O)N(C)c3cccc(Cl)c3)c2)c1. The molecule has 0 unspecified atom stereocenters. The van der Waals surface area contributed by atoms with Crippen molar-refractivity contribution >= 4 is 38.9 Å². The summed E-state index contributed by atoms with van der Waals surface area (Å²) in [5, 5.41) is 3.21. The van der Waals surface area contributed by atoms with Crippen molar-refractivity contribution in [1.29, 1.82) is 0 Å². The minimum Gasteiger partial charge on any atom is -0.494 e. The highest BCUT2D eigenvalue weighted by Gasteiger charge is 2.23. The van der Waals surface area contributed by atoms with E-state index in [0.717, 1.165) is 4.31 Å². The van der Waals surface area contributed by atoms with Gasteiger partial charge in [0.25, 0.3) is 15.9 Å². The molecule has 174 valence electrons. The van der Waals surface area contributed by atoms with Crippen LogP contribution in [0.2, 0.25) is 5.02 Å². The molecule has 3 aromatic rings. The summed E-state index contributed by atoms with van der Waals surface area (Å²) in [5.41, 5.74) is 1.02. The van der Waals surface area contributed by atoms with Crippen molar-refractivity contribution < 1.29 is 22.7 Å². The molecule has 0 heterocycles. The van der Waals surface area contributed by atoms with Crippen LogP contribution in [0.25, 0.3) is 0 Å². The summed E-state index contributed by atoms with van der Waals surface area (Å²) in [5.74, 6) is 0.585. The van der Waals surface area contributed by atoms with E-state index < -0.39 is 15.9 Å². The zero-order valence-electron chi connectivity index (χ0n) is 18.5. The molecule has 1 N–H and O–H groups in total. The lowest BCUT2D eigenvalue weighted by molar-refractivity contribution is 0.102. The fraction of sp³-hybridized carbons (Fsp3) is 0.208. The number of ether oxygens (including phenoxy) is 2. The van der Waals surface area contributed by atoms with Crippen molar-refractivity contribution in [3.63, 3.8) is 0 Å². The molecular weight excluding hydrogens is 464 g/mol. The maximum absolute atomic E-state index is 13.1. The monoisotopic (exact) mass is 488 g/mol. The van der Waals surface area contributed by atoms with Crippen molar-refractivity contribution in [2.75, 3.05) is 29.9 Å². The molecule has 0 aliphatic rings. The number of sulfonamides is 1. The first-order chi connectivity index (χ1) is 15.8. The van der Waals surface area contributed by atoms with E-state index in [9.17, 15) is 13.2 Å². The van der Waals surface area contributed by atoms with Gasteiger partial charge in [-0.25, -0.2) is 8.42 Å². The standard InChI is InChI=1S/C24H25ClN2O5S/c1-4-31-20-12-13-23(32-5-2)22(16-20)26-24(28)17-8-6-11-21(14-17)33(29,30)27(3)19-10-7-9-18(25)15-19/h6-16H,4-5H2,1-3H3,(H,26,28). The molecule has 0 saturated carbocycles. The van der Waals surface area contributed by atoms with Crippen molar-refractivity contribution in [3.8, 4) is 11.5 Å². The predicted molar refractivity (Wildman–Crippen MR) is 130 cm³/mol. The van der Waals surface area contributed by atoms with Gasteiger partial charge in [0.05, 0.1) is 29.5 Å². The molecule has 0 saturated heterocycles. The summed E-state index contributed by atoms with van der Waals surface area (Å²) >= 11 is 6.00. The number of nitrogens with one attached hydrogen (secondary N) is 1. The summed E-state index contributed by atoms with van der Waals surface area (Å²) in [6.07, 6.45) is 0. The minimum atomic E-state index is -3.92. The average molecular weight is 489 g/mol. The van der Waals surface area contributed by atoms with Crippen molar-refractivity contribution in [3.05, 3.63) is 77.3 Å². The Morgan fingerprint density at radius 1 is 0.970 bits per heavy atom. The molecule has 3 aromatic carbocycles. The van der Waals surface area contributed by atoms with Crippen LogP contribution < -0.4 is 19.1 Å². The summed E-state index contributed by atoms with van der Waals surface area (Å²) < 4.78 is 38.5. The number of carbonyl (C=O) groups excluding carboxylic acids is 1. The Kier molecular flexibility index (Phi) is 7.84. The van der Waals surface area contributed by atoms with Crippen molar-refractivity contribution in [1.82, 2.24) is 0 Å². The quantitative estimate of drug-likeness (QED) is 0.446. The molecule has 3 rings (SSSR count). The second-order valence-electron chi connectivity index (χ2n) is 6.96. The van der Waals surface area contributed by atoms with Crippen LogP contribution in [0.1, 0.15) is 24.2 Å². The van der Waals surface area contributed by atoms with Crippen LogP contribution in [-0.2, 0) is 10.0 Å². The maximum atomic E-state index is 13.1. The lowest BCUT2D eigenvalue weighted by atomic mass is 10.2. The van der Waals surface area contributed by atoms with E-state index in [1.807, 2.05) is 13.8 Å². The Labute approximate surface area is 198 Å². The molecule has 1 amide bonds. The average Bonchev–Trinajstić information content (AvgIpc) is 2.80. The molecule has 0 fully saturated rings. The van der Waals surface area contributed by atoms with Crippen LogP contribution in [0.15, 0.2) is 71.6 Å². The molecule has 0 bridgehead atoms. The number of anilines is 2. The van der Waals surface area contributed by atoms with E-state index in [1.165, 1.54) is 25.2 Å². The Bertz CT molecular complexity index is 1250. The number of rotatable bonds is 9. The lowest BCUT2D eigenvalue weighted by Gasteiger charge is -2.20. The molecule has 7 nitrogen and oxygen atoms in total. The van der Waals surface area contributed by atoms with Crippen molar-refractivity contribution in [2.45, 2.75) is 18.7 Å². The topological polar surface area (TPSA) is 84.9 Å². The number of hydrogen-bond acceptors (Lipinski definition) is 5. The van der Waals surface area contributed by atoms with E-state index >= 15 is 0 Å². The van der Waals surface area contributed by atoms with Gasteiger partial charge in [0.15, 0.2) is 0 Å². The Morgan fingerprint density at radius 3 is 2.39 bits per heavy atom. The normalized spacial score (nSPS) is 11.0. The minimum absolute atomic E-state index is 0.0225. The first kappa shape index (κ1) is 24.4. The summed E-state index contributed by atoms with van der Waals surface area (Å²) in [4.78, 5) is 12.9. The molecule has 0 aliphatic heterocycles. The van der Waals surface area contributed by atoms with Crippen LogP contribution in [-0.4, -0.2) is 34.6 Å². The molecule has 33 heavy (non-hydrogen) atoms. The van der Waals surface area contributed by atoms with Crippen LogP contribution in [0.4, 0.5) is 11.4 Å². The summed E-state index contributed by atoms with van der Waals surface area (Å²) in [6.45, 7) is 4.59. The van der Waals surface area contributed by atoms with Gasteiger partial charge in [-0.05, 0) is 62.4 Å². The van der Waals surface area contributed by atoms with E-state index in [4.69, 9.17) is 21.1 Å². The molecular formula is C24H25ClN2O5S. The van der Waals surface area contributed by atoms with Crippen molar-refractivity contribution in [2.24, 2.45) is 0 Å². The largest absolute Gasteiger partial charge is 0.494 e. The fourth-order valence-corrected chi connectivity index (χ4v) is 4.52. The molecule has 0 atom stereocenters. The van der Waals surface area contributed by atoms with Gasteiger partial charge < -0.3 is 14.8 Å². The third-order valence-electron chi connectivity index (χ3n) is 4.74. The number of amides is 1. The smallest absolute Gasteiger partial charge is 0.264 e. The van der Waals surface area contributed by atoms with E-state index in [0.29, 0.717) is 41.1 Å². The van der Waals surface area contributed by atoms with Gasteiger partial charge in [0.2, 0.25) is 0 Å². The number of benzene rings is 3. The molecule has 0 spiro atoms. The van der Waals surface area contributed by atoms with E-state index in [1.54, 1.807) is 48.5 Å². The van der Waals surface area contributed by atoms with E-state index in [-0.39, 0.29) is 10.5 Å². The first-order valence-electron chi connectivity index (χ1n) is 10.3. The van der Waals surface area contributed by atoms with Gasteiger partial charge in [-0.3, -0.25) is 9.10 Å². The first-order valence-corrected chi connectivity index (χ1v) is 12.1. The van der Waals surface area contributed by atoms with Crippen LogP contribution in [0, 0.1) is 0 Å². The predicted octanol–water partition coefficient (Wildman–Crippen LogP) is 5.21. The van der Waals surface area contributed by atoms with Gasteiger partial charge in [-0.1, -0.05) is 23.7 Å². The third-order valence-corrected chi connectivity index (χ3v) is 6.75. The highest BCUT2D eigenvalue weighted by atomic mass is 35.5. The highest BCUT2D eigenvalue weighted by Crippen LogP contribution is 2.30. The fourth-order valence-electron chi connectivity index (χ4n) is 3.11. The highest BCUT2D eigenvalue weighted by molar-refractivity contribution is 7.92. The Balaban J connectivity index is 1.89. The summed E-state index contributed by atoms with van der Waals surface area (Å²) in [6, 6.07) is 17.5. The van der Waals surface area contributed by atoms with Gasteiger partial charge in [-0.15, -0.1) is 0 Å². The maximum Gasteiger partial charge on any atom is 0.264 e. The van der Waals surface area contributed by atoms with E-state index in [2.05, 4.69) is 5.32 Å². The van der Waals surface area contributed by atoms with Gasteiger partial charge in [0, 0.05) is 23.7 Å². The van der Waals surface area contributed by atoms with Crippen LogP contribution in [0.5, 0.6) is 11.5 Å². The number of nitrogens with zero attached hydrogens (tertiary/aromatic N) is 1. The second kappa shape index (κ2) is 10.6. The number of halogens is 1. The second-order valence-corrected chi connectivity index (χ2v) is 9.36. The van der Waals surface area contributed by atoms with Gasteiger partial charge in [0.1, 0.15) is 11.5 Å². The number of hydrogen-bond donors (Lipinski definition) is 1. The molecule has 9 heteroatoms. The third kappa shape index (κ3) is 5.77. The lowest BCUT2D eigenvalue weighted by Crippen LogP contribution is -2.26. The summed E-state index contributed by atoms with van der Waals surface area (Å²) in [7, 11) is -2.49. The zero-order chi connectivity index (χ0) is 24.0. The number of carbonyl (C=O) groups is 1.